The molecule has 6 heteroatoms. The lowest BCUT2D eigenvalue weighted by atomic mass is 9.51. The SMILES string of the molecule is CCCCN(C(=O)CCCCCCCc1ccccc1)[C@H]1CC[C@H]2[C@H]3Cc4ccc(OC)c5c4[C@@]2(CCN3CC(C)=O)[C@H]1O5. The smallest absolute Gasteiger partial charge is 0.222 e. The lowest BCUT2D eigenvalue weighted by molar-refractivity contribution is -0.143. The van der Waals surface area contributed by atoms with Gasteiger partial charge in [0.1, 0.15) is 11.9 Å². The van der Waals surface area contributed by atoms with E-state index in [9.17, 15) is 9.59 Å². The third-order valence-corrected chi connectivity index (χ3v) is 11.2. The quantitative estimate of drug-likeness (QED) is 0.208. The minimum atomic E-state index is -0.123. The zero-order valence-electron chi connectivity index (χ0n) is 27.2. The molecule has 2 aromatic rings. The second kappa shape index (κ2) is 13.6. The van der Waals surface area contributed by atoms with Gasteiger partial charge >= 0.3 is 0 Å². The Morgan fingerprint density at radius 1 is 1.02 bits per heavy atom. The number of Topliss-reactive ketones (excluding diaryl/α,β-unsaturated/α-hetero) is 1. The second-order valence-corrected chi connectivity index (χ2v) is 13.8. The highest BCUT2D eigenvalue weighted by Crippen LogP contribution is 2.64. The van der Waals surface area contributed by atoms with Crippen LogP contribution < -0.4 is 9.47 Å². The van der Waals surface area contributed by atoms with Crippen LogP contribution in [0.25, 0.3) is 0 Å². The maximum atomic E-state index is 14.0. The van der Waals surface area contributed by atoms with E-state index in [4.69, 9.17) is 9.47 Å². The third kappa shape index (κ3) is 5.79. The molecule has 2 aliphatic heterocycles. The molecule has 4 aliphatic rings. The Morgan fingerprint density at radius 2 is 1.82 bits per heavy atom. The minimum absolute atomic E-state index is 0.0626. The van der Waals surface area contributed by atoms with Gasteiger partial charge in [-0.15, -0.1) is 0 Å². The molecule has 6 nitrogen and oxygen atoms in total. The van der Waals surface area contributed by atoms with E-state index in [0.29, 0.717) is 30.8 Å². The molecule has 1 amide bonds. The summed E-state index contributed by atoms with van der Waals surface area (Å²) in [6.45, 7) is 6.15. The van der Waals surface area contributed by atoms with Crippen molar-refractivity contribution in [3.05, 3.63) is 59.2 Å². The van der Waals surface area contributed by atoms with Gasteiger partial charge in [-0.25, -0.2) is 0 Å². The topological polar surface area (TPSA) is 59.1 Å². The predicted octanol–water partition coefficient (Wildman–Crippen LogP) is 6.90. The Labute approximate surface area is 264 Å². The molecule has 0 aromatic heterocycles. The van der Waals surface area contributed by atoms with E-state index in [0.717, 1.165) is 82.4 Å². The van der Waals surface area contributed by atoms with Gasteiger partial charge in [0.2, 0.25) is 5.91 Å². The molecule has 2 aromatic carbocycles. The van der Waals surface area contributed by atoms with Crippen molar-refractivity contribution in [2.75, 3.05) is 26.7 Å². The molecular formula is C38H52N2O4. The number of hydrogen-bond donors (Lipinski definition) is 0. The number of unbranched alkanes of at least 4 members (excludes halogenated alkanes) is 5. The first-order valence-electron chi connectivity index (χ1n) is 17.4. The van der Waals surface area contributed by atoms with E-state index in [1.54, 1.807) is 14.0 Å². The molecule has 2 bridgehead atoms. The van der Waals surface area contributed by atoms with Crippen LogP contribution in [-0.4, -0.2) is 66.4 Å². The fraction of sp³-hybridized carbons (Fsp3) is 0.632. The van der Waals surface area contributed by atoms with Crippen molar-refractivity contribution in [3.63, 3.8) is 0 Å². The zero-order chi connectivity index (χ0) is 30.7. The number of nitrogens with zero attached hydrogens (tertiary/aromatic N) is 2. The average molecular weight is 601 g/mol. The Bertz CT molecular complexity index is 1310. The molecule has 0 radical (unpaired) electrons. The largest absolute Gasteiger partial charge is 0.493 e. The van der Waals surface area contributed by atoms with Crippen molar-refractivity contribution in [2.24, 2.45) is 5.92 Å². The van der Waals surface area contributed by atoms with Crippen LogP contribution in [0.4, 0.5) is 0 Å². The maximum absolute atomic E-state index is 14.0. The van der Waals surface area contributed by atoms with Gasteiger partial charge in [-0.3, -0.25) is 14.5 Å². The number of aryl methyl sites for hydroxylation is 1. The molecule has 6 rings (SSSR count). The molecule has 238 valence electrons. The van der Waals surface area contributed by atoms with Gasteiger partial charge < -0.3 is 14.4 Å². The summed E-state index contributed by atoms with van der Waals surface area (Å²) in [5, 5.41) is 0. The van der Waals surface area contributed by atoms with Gasteiger partial charge in [0.05, 0.1) is 19.7 Å². The first kappa shape index (κ1) is 31.1. The van der Waals surface area contributed by atoms with Gasteiger partial charge in [0.15, 0.2) is 11.5 Å². The minimum Gasteiger partial charge on any atom is -0.493 e. The van der Waals surface area contributed by atoms with Gasteiger partial charge in [0, 0.05) is 30.0 Å². The summed E-state index contributed by atoms with van der Waals surface area (Å²) in [5.41, 5.74) is 3.99. The summed E-state index contributed by atoms with van der Waals surface area (Å²) < 4.78 is 12.9. The van der Waals surface area contributed by atoms with Crippen molar-refractivity contribution < 1.29 is 19.1 Å². The summed E-state index contributed by atoms with van der Waals surface area (Å²) in [6, 6.07) is 15.4. The van der Waals surface area contributed by atoms with E-state index in [-0.39, 0.29) is 23.3 Å². The molecule has 0 N–H and O–H groups in total. The Hall–Kier alpha value is -2.86. The number of amides is 1. The first-order chi connectivity index (χ1) is 21.5. The van der Waals surface area contributed by atoms with Crippen molar-refractivity contribution in [2.45, 2.75) is 121 Å². The van der Waals surface area contributed by atoms with Crippen molar-refractivity contribution in [1.82, 2.24) is 9.80 Å². The average Bonchev–Trinajstić information content (AvgIpc) is 3.38. The van der Waals surface area contributed by atoms with Gasteiger partial charge in [-0.05, 0) is 87.9 Å². The standard InChI is InChI=1S/C38H52N2O4/c1-4-5-23-40(34(42)17-13-8-6-7-10-14-28-15-11-9-12-16-28)31-20-19-30-32-25-29-18-21-33(43-3)36-35(29)38(30,37(31)44-36)22-24-39(32)26-27(2)41/h9,11-12,15-16,18,21,30-32,37H,4-8,10,13-14,17,19-20,22-26H2,1-3H3/t30-,31-,32+,37-,38-/m0/s1. The van der Waals surface area contributed by atoms with Gasteiger partial charge in [0.25, 0.3) is 0 Å². The summed E-state index contributed by atoms with van der Waals surface area (Å²) >= 11 is 0. The highest BCUT2D eigenvalue weighted by molar-refractivity contribution is 5.78. The number of rotatable bonds is 15. The number of carbonyl (C=O) groups is 2. The molecule has 1 spiro atoms. The molecule has 2 aliphatic carbocycles. The van der Waals surface area contributed by atoms with Crippen LogP contribution in [0.1, 0.15) is 101 Å². The number of ketones is 1. The van der Waals surface area contributed by atoms with Crippen LogP contribution >= 0.6 is 0 Å². The summed E-state index contributed by atoms with van der Waals surface area (Å²) in [4.78, 5) is 30.9. The molecule has 44 heavy (non-hydrogen) atoms. The third-order valence-electron chi connectivity index (χ3n) is 11.2. The summed E-state index contributed by atoms with van der Waals surface area (Å²) in [7, 11) is 1.73. The number of hydrogen-bond acceptors (Lipinski definition) is 5. The second-order valence-electron chi connectivity index (χ2n) is 13.8. The highest BCUT2D eigenvalue weighted by atomic mass is 16.5. The number of ether oxygens (including phenoxy) is 2. The number of piperidine rings is 1. The van der Waals surface area contributed by atoms with E-state index in [1.165, 1.54) is 36.0 Å². The summed E-state index contributed by atoms with van der Waals surface area (Å²) in [6.07, 6.45) is 13.4. The number of carbonyl (C=O) groups excluding carboxylic acids is 2. The van der Waals surface area contributed by atoms with Crippen LogP contribution in [0.15, 0.2) is 42.5 Å². The van der Waals surface area contributed by atoms with Gasteiger partial charge in [-0.2, -0.15) is 0 Å². The fourth-order valence-electron chi connectivity index (χ4n) is 9.28. The molecule has 2 heterocycles. The van der Waals surface area contributed by atoms with E-state index < -0.39 is 0 Å². The predicted molar refractivity (Wildman–Crippen MR) is 174 cm³/mol. The first-order valence-corrected chi connectivity index (χ1v) is 17.4. The van der Waals surface area contributed by atoms with Crippen LogP contribution in [0.2, 0.25) is 0 Å². The Balaban J connectivity index is 1.17. The Morgan fingerprint density at radius 3 is 2.59 bits per heavy atom. The molecule has 2 fully saturated rings. The highest BCUT2D eigenvalue weighted by Gasteiger charge is 2.66. The monoisotopic (exact) mass is 600 g/mol. The van der Waals surface area contributed by atoms with Crippen molar-refractivity contribution >= 4 is 11.7 Å². The normalized spacial score (nSPS) is 26.5. The van der Waals surface area contributed by atoms with E-state index in [1.807, 2.05) is 0 Å². The zero-order valence-corrected chi connectivity index (χ0v) is 27.2. The molecule has 0 unspecified atom stereocenters. The lowest BCUT2D eigenvalue weighted by Gasteiger charge is -2.60. The van der Waals surface area contributed by atoms with E-state index >= 15 is 0 Å². The molecule has 1 saturated carbocycles. The van der Waals surface area contributed by atoms with Crippen LogP contribution in [0, 0.1) is 5.92 Å². The van der Waals surface area contributed by atoms with Crippen LogP contribution in [0.5, 0.6) is 11.5 Å². The lowest BCUT2D eigenvalue weighted by Crippen LogP contribution is -2.69. The van der Waals surface area contributed by atoms with Crippen LogP contribution in [0.3, 0.4) is 0 Å². The summed E-state index contributed by atoms with van der Waals surface area (Å²) in [5.74, 6) is 2.70. The van der Waals surface area contributed by atoms with Crippen molar-refractivity contribution in [3.8, 4) is 11.5 Å². The van der Waals surface area contributed by atoms with E-state index in [2.05, 4.69) is 59.2 Å². The number of likely N-dealkylation sites (tertiary alicyclic amines) is 1. The molecular weight excluding hydrogens is 548 g/mol. The molecule has 1 saturated heterocycles. The maximum Gasteiger partial charge on any atom is 0.222 e. The van der Waals surface area contributed by atoms with Crippen LogP contribution in [-0.2, 0) is 27.8 Å². The van der Waals surface area contributed by atoms with Gasteiger partial charge in [-0.1, -0.05) is 69.0 Å². The number of methoxy groups -OCH3 is 1. The molecule has 5 atom stereocenters. The Kier molecular flexibility index (Phi) is 9.65. The number of benzene rings is 2. The fourth-order valence-corrected chi connectivity index (χ4v) is 9.28. The van der Waals surface area contributed by atoms with Crippen molar-refractivity contribution in [1.29, 1.82) is 0 Å².